The van der Waals surface area contributed by atoms with Gasteiger partial charge in [-0.05, 0) is 42.6 Å². The summed E-state index contributed by atoms with van der Waals surface area (Å²) in [5, 5.41) is 14.4. The van der Waals surface area contributed by atoms with Crippen molar-refractivity contribution in [2.24, 2.45) is 0 Å². The zero-order valence-corrected chi connectivity index (χ0v) is 15.3. The second-order valence-electron chi connectivity index (χ2n) is 7.12. The molecule has 138 valence electrons. The molecule has 1 saturated carbocycles. The molecule has 1 atom stereocenters. The SMILES string of the molecule is CCN(CC(=O)O)C1CC(NC(=O)C(C)c2ccc3ccccc3c2)C1. The van der Waals surface area contributed by atoms with Gasteiger partial charge in [0, 0.05) is 12.1 Å². The molecular formula is C21H26N2O3. The van der Waals surface area contributed by atoms with E-state index < -0.39 is 5.97 Å². The zero-order valence-electron chi connectivity index (χ0n) is 15.3. The van der Waals surface area contributed by atoms with Crippen molar-refractivity contribution in [2.75, 3.05) is 13.1 Å². The second-order valence-corrected chi connectivity index (χ2v) is 7.12. The van der Waals surface area contributed by atoms with Crippen LogP contribution in [0, 0.1) is 0 Å². The van der Waals surface area contributed by atoms with Gasteiger partial charge in [-0.25, -0.2) is 0 Å². The molecule has 1 aliphatic rings. The summed E-state index contributed by atoms with van der Waals surface area (Å²) in [7, 11) is 0. The number of carbonyl (C=O) groups excluding carboxylic acids is 1. The molecule has 3 rings (SSSR count). The van der Waals surface area contributed by atoms with E-state index in [1.165, 1.54) is 5.39 Å². The van der Waals surface area contributed by atoms with Crippen LogP contribution in [0.25, 0.3) is 10.8 Å². The molecule has 1 fully saturated rings. The third kappa shape index (κ3) is 4.05. The predicted molar refractivity (Wildman–Crippen MR) is 102 cm³/mol. The molecule has 1 unspecified atom stereocenters. The van der Waals surface area contributed by atoms with Crippen molar-refractivity contribution < 1.29 is 14.7 Å². The molecule has 1 aliphatic carbocycles. The van der Waals surface area contributed by atoms with Crippen LogP contribution in [0.2, 0.25) is 0 Å². The van der Waals surface area contributed by atoms with E-state index in [0.717, 1.165) is 23.8 Å². The number of carboxylic acid groups (broad SMARTS) is 1. The number of fused-ring (bicyclic) bond motifs is 1. The Morgan fingerprint density at radius 1 is 1.19 bits per heavy atom. The zero-order chi connectivity index (χ0) is 18.7. The third-order valence-electron chi connectivity index (χ3n) is 5.39. The van der Waals surface area contributed by atoms with Gasteiger partial charge in [0.25, 0.3) is 0 Å². The van der Waals surface area contributed by atoms with Crippen molar-refractivity contribution >= 4 is 22.6 Å². The molecule has 0 spiro atoms. The van der Waals surface area contributed by atoms with E-state index in [1.54, 1.807) is 0 Å². The highest BCUT2D eigenvalue weighted by Gasteiger charge is 2.35. The summed E-state index contributed by atoms with van der Waals surface area (Å²) in [6.07, 6.45) is 1.63. The van der Waals surface area contributed by atoms with Crippen molar-refractivity contribution in [3.05, 3.63) is 48.0 Å². The fraction of sp³-hybridized carbons (Fsp3) is 0.429. The van der Waals surface area contributed by atoms with Gasteiger partial charge < -0.3 is 10.4 Å². The molecule has 0 radical (unpaired) electrons. The standard InChI is InChI=1S/C21H26N2O3/c1-3-23(13-20(24)25)19-11-18(12-19)22-21(26)14(2)16-9-8-15-6-4-5-7-17(15)10-16/h4-10,14,18-19H,3,11-13H2,1-2H3,(H,22,26)(H,24,25). The van der Waals surface area contributed by atoms with E-state index >= 15 is 0 Å². The van der Waals surface area contributed by atoms with Crippen LogP contribution in [0.15, 0.2) is 42.5 Å². The number of hydrogen-bond acceptors (Lipinski definition) is 3. The van der Waals surface area contributed by atoms with Crippen molar-refractivity contribution in [1.29, 1.82) is 0 Å². The highest BCUT2D eigenvalue weighted by molar-refractivity contribution is 5.87. The first-order valence-corrected chi connectivity index (χ1v) is 9.22. The Bertz CT molecular complexity index is 799. The summed E-state index contributed by atoms with van der Waals surface area (Å²) >= 11 is 0. The smallest absolute Gasteiger partial charge is 0.317 e. The summed E-state index contributed by atoms with van der Waals surface area (Å²) < 4.78 is 0. The average Bonchev–Trinajstić information content (AvgIpc) is 2.61. The number of likely N-dealkylation sites (N-methyl/N-ethyl adjacent to an activating group) is 1. The van der Waals surface area contributed by atoms with Crippen LogP contribution in [0.3, 0.4) is 0 Å². The molecule has 5 nitrogen and oxygen atoms in total. The lowest BCUT2D eigenvalue weighted by atomic mass is 9.84. The maximum atomic E-state index is 12.6. The first kappa shape index (κ1) is 18.4. The predicted octanol–water partition coefficient (Wildman–Crippen LogP) is 3.00. The van der Waals surface area contributed by atoms with Crippen molar-refractivity contribution in [3.63, 3.8) is 0 Å². The molecule has 2 N–H and O–H groups in total. The van der Waals surface area contributed by atoms with Crippen molar-refractivity contribution in [2.45, 2.75) is 44.7 Å². The van der Waals surface area contributed by atoms with Gasteiger partial charge in [0.2, 0.25) is 5.91 Å². The fourth-order valence-electron chi connectivity index (χ4n) is 3.63. The number of amides is 1. The molecule has 0 aromatic heterocycles. The third-order valence-corrected chi connectivity index (χ3v) is 5.39. The number of carbonyl (C=O) groups is 2. The molecule has 5 heteroatoms. The van der Waals surface area contributed by atoms with Gasteiger partial charge in [-0.15, -0.1) is 0 Å². The largest absolute Gasteiger partial charge is 0.480 e. The first-order chi connectivity index (χ1) is 12.5. The van der Waals surface area contributed by atoms with Gasteiger partial charge in [-0.3, -0.25) is 14.5 Å². The van der Waals surface area contributed by atoms with Crippen LogP contribution in [0.5, 0.6) is 0 Å². The number of carboxylic acids is 1. The monoisotopic (exact) mass is 354 g/mol. The van der Waals surface area contributed by atoms with Crippen LogP contribution in [-0.2, 0) is 9.59 Å². The Hall–Kier alpha value is -2.40. The minimum absolute atomic E-state index is 0.0324. The maximum absolute atomic E-state index is 12.6. The van der Waals surface area contributed by atoms with Crippen LogP contribution in [0.1, 0.15) is 38.2 Å². The number of rotatable bonds is 7. The summed E-state index contributed by atoms with van der Waals surface area (Å²) in [5.41, 5.74) is 1.01. The molecule has 0 bridgehead atoms. The highest BCUT2D eigenvalue weighted by Crippen LogP contribution is 2.27. The van der Waals surface area contributed by atoms with E-state index in [9.17, 15) is 9.59 Å². The van der Waals surface area contributed by atoms with Crippen LogP contribution >= 0.6 is 0 Å². The minimum Gasteiger partial charge on any atom is -0.480 e. The van der Waals surface area contributed by atoms with Gasteiger partial charge in [0.15, 0.2) is 0 Å². The Balaban J connectivity index is 1.56. The van der Waals surface area contributed by atoms with Gasteiger partial charge in [-0.1, -0.05) is 49.4 Å². The minimum atomic E-state index is -0.802. The quantitative estimate of drug-likeness (QED) is 0.802. The molecular weight excluding hydrogens is 328 g/mol. The summed E-state index contributed by atoms with van der Waals surface area (Å²) in [5.74, 6) is -0.978. The van der Waals surface area contributed by atoms with Gasteiger partial charge in [0.05, 0.1) is 12.5 Å². The molecule has 26 heavy (non-hydrogen) atoms. The average molecular weight is 354 g/mol. The van der Waals surface area contributed by atoms with E-state index in [-0.39, 0.29) is 30.5 Å². The van der Waals surface area contributed by atoms with E-state index in [0.29, 0.717) is 6.54 Å². The molecule has 2 aromatic carbocycles. The van der Waals surface area contributed by atoms with Crippen molar-refractivity contribution in [1.82, 2.24) is 10.2 Å². The van der Waals surface area contributed by atoms with Crippen LogP contribution in [0.4, 0.5) is 0 Å². The molecule has 2 aromatic rings. The molecule has 1 amide bonds. The number of benzene rings is 2. The Morgan fingerprint density at radius 2 is 1.88 bits per heavy atom. The Labute approximate surface area is 154 Å². The molecule has 0 saturated heterocycles. The topological polar surface area (TPSA) is 69.6 Å². The molecule has 0 aliphatic heterocycles. The fourth-order valence-corrected chi connectivity index (χ4v) is 3.63. The highest BCUT2D eigenvalue weighted by atomic mass is 16.4. The number of aliphatic carboxylic acids is 1. The second kappa shape index (κ2) is 7.87. The molecule has 0 heterocycles. The van der Waals surface area contributed by atoms with Gasteiger partial charge in [0.1, 0.15) is 0 Å². The van der Waals surface area contributed by atoms with E-state index in [4.69, 9.17) is 5.11 Å². The lowest BCUT2D eigenvalue weighted by Crippen LogP contribution is -2.55. The number of nitrogens with zero attached hydrogens (tertiary/aromatic N) is 1. The summed E-state index contributed by atoms with van der Waals surface area (Å²) in [6.45, 7) is 4.68. The van der Waals surface area contributed by atoms with Gasteiger partial charge >= 0.3 is 5.97 Å². The normalized spacial score (nSPS) is 20.6. The number of hydrogen-bond donors (Lipinski definition) is 2. The first-order valence-electron chi connectivity index (χ1n) is 9.22. The van der Waals surface area contributed by atoms with Gasteiger partial charge in [-0.2, -0.15) is 0 Å². The van der Waals surface area contributed by atoms with Crippen LogP contribution < -0.4 is 5.32 Å². The lowest BCUT2D eigenvalue weighted by Gasteiger charge is -2.42. The number of nitrogens with one attached hydrogen (secondary N) is 1. The Kier molecular flexibility index (Phi) is 5.57. The van der Waals surface area contributed by atoms with Crippen LogP contribution in [-0.4, -0.2) is 47.1 Å². The lowest BCUT2D eigenvalue weighted by molar-refractivity contribution is -0.139. The van der Waals surface area contributed by atoms with Crippen molar-refractivity contribution in [3.8, 4) is 0 Å². The Morgan fingerprint density at radius 3 is 2.54 bits per heavy atom. The summed E-state index contributed by atoms with van der Waals surface area (Å²) in [4.78, 5) is 25.4. The summed E-state index contributed by atoms with van der Waals surface area (Å²) in [6, 6.07) is 14.7. The van der Waals surface area contributed by atoms with E-state index in [1.807, 2.05) is 36.9 Å². The maximum Gasteiger partial charge on any atom is 0.317 e. The van der Waals surface area contributed by atoms with E-state index in [2.05, 4.69) is 29.6 Å².